The van der Waals surface area contributed by atoms with Crippen LogP contribution in [0.25, 0.3) is 0 Å². The largest absolute Gasteiger partial charge is 0.465 e. The Morgan fingerprint density at radius 1 is 1.44 bits per heavy atom. The first-order valence-corrected chi connectivity index (χ1v) is 6.57. The van der Waals surface area contributed by atoms with Crippen LogP contribution >= 0.6 is 0 Å². The molecule has 18 heavy (non-hydrogen) atoms. The molecule has 2 heterocycles. The summed E-state index contributed by atoms with van der Waals surface area (Å²) in [5.74, 6) is 0. The maximum absolute atomic E-state index is 11.0. The van der Waals surface area contributed by atoms with Gasteiger partial charge in [-0.25, -0.2) is 4.79 Å². The van der Waals surface area contributed by atoms with Crippen LogP contribution in [-0.4, -0.2) is 29.2 Å². The second-order valence-electron chi connectivity index (χ2n) is 5.09. The maximum atomic E-state index is 11.0. The third kappa shape index (κ3) is 1.97. The number of rotatable bonds is 1. The van der Waals surface area contributed by atoms with Crippen molar-refractivity contribution >= 4 is 6.09 Å². The van der Waals surface area contributed by atoms with E-state index >= 15 is 0 Å². The number of benzene rings is 1. The lowest BCUT2D eigenvalue weighted by molar-refractivity contribution is 0.140. The third-order valence-corrected chi connectivity index (χ3v) is 4.01. The summed E-state index contributed by atoms with van der Waals surface area (Å²) in [4.78, 5) is 12.5. The van der Waals surface area contributed by atoms with Crippen molar-refractivity contribution in [1.82, 2.24) is 10.2 Å². The van der Waals surface area contributed by atoms with Gasteiger partial charge in [-0.1, -0.05) is 18.2 Å². The predicted molar refractivity (Wildman–Crippen MR) is 68.6 cm³/mol. The van der Waals surface area contributed by atoms with Crippen molar-refractivity contribution in [3.63, 3.8) is 0 Å². The molecule has 2 N–H and O–H groups in total. The van der Waals surface area contributed by atoms with Crippen LogP contribution in [0.2, 0.25) is 0 Å². The van der Waals surface area contributed by atoms with Crippen molar-refractivity contribution in [3.8, 4) is 0 Å². The average molecular weight is 246 g/mol. The van der Waals surface area contributed by atoms with Crippen LogP contribution < -0.4 is 5.32 Å². The van der Waals surface area contributed by atoms with E-state index in [1.54, 1.807) is 0 Å². The van der Waals surface area contributed by atoms with Gasteiger partial charge in [-0.05, 0) is 42.5 Å². The monoisotopic (exact) mass is 246 g/mol. The Kier molecular flexibility index (Phi) is 2.96. The van der Waals surface area contributed by atoms with Gasteiger partial charge in [0.2, 0.25) is 0 Å². The SMILES string of the molecule is O=C(O)N1CCc2c(cccc2C2CCCN2)C1. The Balaban J connectivity index is 1.91. The van der Waals surface area contributed by atoms with Crippen LogP contribution in [-0.2, 0) is 13.0 Å². The minimum Gasteiger partial charge on any atom is -0.465 e. The molecule has 0 saturated carbocycles. The fourth-order valence-electron chi connectivity index (χ4n) is 3.08. The van der Waals surface area contributed by atoms with Crippen LogP contribution in [0, 0.1) is 0 Å². The molecule has 1 amide bonds. The lowest BCUT2D eigenvalue weighted by Gasteiger charge is -2.29. The predicted octanol–water partition coefficient (Wildman–Crippen LogP) is 2.15. The molecule has 96 valence electrons. The highest BCUT2D eigenvalue weighted by Crippen LogP contribution is 2.30. The number of carbonyl (C=O) groups is 1. The number of nitrogens with one attached hydrogen (secondary N) is 1. The zero-order valence-electron chi connectivity index (χ0n) is 10.4. The van der Waals surface area contributed by atoms with Gasteiger partial charge in [0.05, 0.1) is 0 Å². The van der Waals surface area contributed by atoms with Gasteiger partial charge in [0, 0.05) is 19.1 Å². The van der Waals surface area contributed by atoms with E-state index in [9.17, 15) is 4.79 Å². The molecule has 0 aromatic heterocycles. The minimum absolute atomic E-state index is 0.469. The van der Waals surface area contributed by atoms with Gasteiger partial charge >= 0.3 is 6.09 Å². The Bertz CT molecular complexity index is 467. The normalized spacial score (nSPS) is 22.9. The van der Waals surface area contributed by atoms with Gasteiger partial charge in [0.15, 0.2) is 0 Å². The second kappa shape index (κ2) is 4.61. The molecule has 1 unspecified atom stereocenters. The van der Waals surface area contributed by atoms with Crippen molar-refractivity contribution in [2.75, 3.05) is 13.1 Å². The molecule has 4 heteroatoms. The van der Waals surface area contributed by atoms with E-state index in [4.69, 9.17) is 5.11 Å². The van der Waals surface area contributed by atoms with E-state index in [1.165, 1.54) is 34.4 Å². The van der Waals surface area contributed by atoms with Crippen molar-refractivity contribution in [2.24, 2.45) is 0 Å². The molecule has 0 spiro atoms. The molecule has 2 aliphatic rings. The summed E-state index contributed by atoms with van der Waals surface area (Å²) in [5, 5.41) is 12.6. The van der Waals surface area contributed by atoms with Crippen LogP contribution in [0.4, 0.5) is 4.79 Å². The zero-order chi connectivity index (χ0) is 12.5. The quantitative estimate of drug-likeness (QED) is 0.798. The van der Waals surface area contributed by atoms with Gasteiger partial charge in [-0.3, -0.25) is 0 Å². The van der Waals surface area contributed by atoms with Gasteiger partial charge < -0.3 is 15.3 Å². The van der Waals surface area contributed by atoms with Crippen molar-refractivity contribution in [1.29, 1.82) is 0 Å². The number of hydrogen-bond donors (Lipinski definition) is 2. The summed E-state index contributed by atoms with van der Waals surface area (Å²) in [5.41, 5.74) is 3.93. The Morgan fingerprint density at radius 2 is 2.33 bits per heavy atom. The minimum atomic E-state index is -0.815. The fraction of sp³-hybridized carbons (Fsp3) is 0.500. The van der Waals surface area contributed by atoms with E-state index in [2.05, 4.69) is 23.5 Å². The molecule has 2 aliphatic heterocycles. The molecule has 0 aliphatic carbocycles. The number of fused-ring (bicyclic) bond motifs is 1. The summed E-state index contributed by atoms with van der Waals surface area (Å²) in [6, 6.07) is 6.78. The number of amides is 1. The molecular weight excluding hydrogens is 228 g/mol. The second-order valence-corrected chi connectivity index (χ2v) is 5.09. The topological polar surface area (TPSA) is 52.6 Å². The number of hydrogen-bond acceptors (Lipinski definition) is 2. The summed E-state index contributed by atoms with van der Waals surface area (Å²) in [7, 11) is 0. The zero-order valence-corrected chi connectivity index (χ0v) is 10.4. The van der Waals surface area contributed by atoms with E-state index in [1.807, 2.05) is 0 Å². The van der Waals surface area contributed by atoms with Gasteiger partial charge in [0.1, 0.15) is 0 Å². The summed E-state index contributed by atoms with van der Waals surface area (Å²) >= 11 is 0. The highest BCUT2D eigenvalue weighted by molar-refractivity contribution is 5.65. The van der Waals surface area contributed by atoms with E-state index in [0.29, 0.717) is 19.1 Å². The molecule has 1 aromatic rings. The Morgan fingerprint density at radius 3 is 3.06 bits per heavy atom. The molecule has 4 nitrogen and oxygen atoms in total. The summed E-state index contributed by atoms with van der Waals surface area (Å²) in [6.45, 7) is 2.24. The average Bonchev–Trinajstić information content (AvgIpc) is 2.91. The van der Waals surface area contributed by atoms with E-state index < -0.39 is 6.09 Å². The number of carboxylic acid groups (broad SMARTS) is 1. The highest BCUT2D eigenvalue weighted by Gasteiger charge is 2.25. The molecule has 0 radical (unpaired) electrons. The summed E-state index contributed by atoms with van der Waals surface area (Å²) in [6.07, 6.45) is 2.45. The van der Waals surface area contributed by atoms with Gasteiger partial charge in [-0.2, -0.15) is 0 Å². The molecule has 1 fully saturated rings. The number of nitrogens with zero attached hydrogens (tertiary/aromatic N) is 1. The van der Waals surface area contributed by atoms with E-state index in [0.717, 1.165) is 13.0 Å². The third-order valence-electron chi connectivity index (χ3n) is 4.01. The molecule has 1 aromatic carbocycles. The maximum Gasteiger partial charge on any atom is 0.407 e. The first-order valence-electron chi connectivity index (χ1n) is 6.57. The Labute approximate surface area is 107 Å². The van der Waals surface area contributed by atoms with Gasteiger partial charge in [-0.15, -0.1) is 0 Å². The van der Waals surface area contributed by atoms with Crippen LogP contribution in [0.5, 0.6) is 0 Å². The van der Waals surface area contributed by atoms with Crippen LogP contribution in [0.1, 0.15) is 35.6 Å². The molecule has 3 rings (SSSR count). The van der Waals surface area contributed by atoms with Crippen molar-refractivity contribution in [3.05, 3.63) is 34.9 Å². The first-order chi connectivity index (χ1) is 8.75. The molecule has 1 atom stereocenters. The van der Waals surface area contributed by atoms with Crippen LogP contribution in [0.3, 0.4) is 0 Å². The first kappa shape index (κ1) is 11.5. The van der Waals surface area contributed by atoms with Gasteiger partial charge in [0.25, 0.3) is 0 Å². The molecular formula is C14H18N2O2. The molecule has 1 saturated heterocycles. The smallest absolute Gasteiger partial charge is 0.407 e. The lowest BCUT2D eigenvalue weighted by Crippen LogP contribution is -2.35. The van der Waals surface area contributed by atoms with Crippen LogP contribution in [0.15, 0.2) is 18.2 Å². The lowest BCUT2D eigenvalue weighted by atomic mass is 9.90. The van der Waals surface area contributed by atoms with Crippen molar-refractivity contribution in [2.45, 2.75) is 31.8 Å². The Hall–Kier alpha value is -1.55. The fourth-order valence-corrected chi connectivity index (χ4v) is 3.08. The highest BCUT2D eigenvalue weighted by atomic mass is 16.4. The standard InChI is InChI=1S/C14H18N2O2/c17-14(18)16-8-6-11-10(9-16)3-1-4-12(11)13-5-2-7-15-13/h1,3-4,13,15H,2,5-9H2,(H,17,18). The van der Waals surface area contributed by atoms with E-state index in [-0.39, 0.29) is 0 Å². The summed E-state index contributed by atoms with van der Waals surface area (Å²) < 4.78 is 0. The molecule has 0 bridgehead atoms. The van der Waals surface area contributed by atoms with Crippen molar-refractivity contribution < 1.29 is 9.90 Å².